The second-order valence-electron chi connectivity index (χ2n) is 17.3. The van der Waals surface area contributed by atoms with E-state index in [0.717, 1.165) is 82.8 Å². The van der Waals surface area contributed by atoms with Crippen molar-refractivity contribution in [2.75, 3.05) is 20.3 Å². The van der Waals surface area contributed by atoms with Gasteiger partial charge in [-0.25, -0.2) is 4.79 Å². The molecule has 0 aliphatic rings. The third-order valence-corrected chi connectivity index (χ3v) is 11.2. The summed E-state index contributed by atoms with van der Waals surface area (Å²) in [5.41, 5.74) is 6.89. The summed E-state index contributed by atoms with van der Waals surface area (Å²) in [6.07, 6.45) is 9.85. The van der Waals surface area contributed by atoms with Crippen LogP contribution in [0, 0.1) is 23.7 Å². The van der Waals surface area contributed by atoms with E-state index in [1.165, 1.54) is 45.6 Å². The summed E-state index contributed by atoms with van der Waals surface area (Å²) in [5, 5.41) is 0. The summed E-state index contributed by atoms with van der Waals surface area (Å²) in [6, 6.07) is 38.4. The first kappa shape index (κ1) is 45.8. The Morgan fingerprint density at radius 2 is 0.850 bits per heavy atom. The predicted octanol–water partition coefficient (Wildman–Crippen LogP) is 14.4. The topological polar surface area (TPSA) is 63.2 Å². The van der Waals surface area contributed by atoms with Gasteiger partial charge in [-0.05, 0) is 112 Å². The summed E-state index contributed by atoms with van der Waals surface area (Å²) in [7, 11) is 1.37. The molecular formula is C54H68O6. The Hall–Kier alpha value is -5.23. The van der Waals surface area contributed by atoms with E-state index >= 15 is 0 Å². The molecule has 0 aromatic heterocycles. The van der Waals surface area contributed by atoms with Crippen molar-refractivity contribution >= 4 is 5.97 Å². The number of hydrogen-bond donors (Lipinski definition) is 0. The minimum Gasteiger partial charge on any atom is -0.494 e. The van der Waals surface area contributed by atoms with Crippen LogP contribution in [0.3, 0.4) is 0 Å². The Bertz CT molecular complexity index is 1980. The lowest BCUT2D eigenvalue weighted by Crippen LogP contribution is -2.05. The first-order valence-electron chi connectivity index (χ1n) is 22.2. The highest BCUT2D eigenvalue weighted by molar-refractivity contribution is 5.90. The normalized spacial score (nSPS) is 12.3. The monoisotopic (exact) mass is 813 g/mol. The molecule has 6 nitrogen and oxygen atoms in total. The van der Waals surface area contributed by atoms with Crippen molar-refractivity contribution < 1.29 is 28.5 Å². The van der Waals surface area contributed by atoms with Crippen molar-refractivity contribution in [2.45, 2.75) is 106 Å². The highest BCUT2D eigenvalue weighted by Gasteiger charge is 2.14. The number of rotatable bonds is 25. The zero-order chi connectivity index (χ0) is 42.7. The molecule has 5 aromatic carbocycles. The molecular weight excluding hydrogens is 745 g/mol. The van der Waals surface area contributed by atoms with Crippen LogP contribution in [0.4, 0.5) is 0 Å². The minimum atomic E-state index is -0.434. The first-order valence-corrected chi connectivity index (χ1v) is 22.2. The maximum atomic E-state index is 12.4. The smallest absolute Gasteiger partial charge is 0.337 e. The Balaban J connectivity index is 1.11. The largest absolute Gasteiger partial charge is 0.494 e. The van der Waals surface area contributed by atoms with Crippen LogP contribution in [0.25, 0.3) is 22.3 Å². The fraction of sp³-hybridized carbons (Fsp3) is 0.426. The van der Waals surface area contributed by atoms with E-state index in [0.29, 0.717) is 42.1 Å². The Kier molecular flexibility index (Phi) is 18.4. The number of methoxy groups -OCH3 is 1. The standard InChI is InChI=1S/C54H68O6/c1-39(2)10-8-12-41(5)32-34-57-50-27-22-47(23-28-50)45-18-14-43(15-19-45)37-59-52-31-26-49(54(55)56-7)36-53(52)60-38-44-16-20-46(21-17-44)48-24-29-51(30-25-48)58-35-33-42(6)13-9-11-40(3)4/h14-31,36,39-42H,8-13,32-35,37-38H2,1-7H3/t41-,42-/m1/s1. The number of ether oxygens (including phenoxy) is 5. The first-order chi connectivity index (χ1) is 29.1. The van der Waals surface area contributed by atoms with Crippen LogP contribution in [0.15, 0.2) is 115 Å². The molecule has 2 atom stereocenters. The van der Waals surface area contributed by atoms with Gasteiger partial charge >= 0.3 is 5.97 Å². The van der Waals surface area contributed by atoms with Crippen LogP contribution in [0.5, 0.6) is 23.0 Å². The summed E-state index contributed by atoms with van der Waals surface area (Å²) < 4.78 is 29.7. The van der Waals surface area contributed by atoms with Gasteiger partial charge in [0.25, 0.3) is 0 Å². The van der Waals surface area contributed by atoms with E-state index in [2.05, 4.69) is 126 Å². The molecule has 0 amide bonds. The second-order valence-corrected chi connectivity index (χ2v) is 17.3. The molecule has 0 saturated carbocycles. The van der Waals surface area contributed by atoms with Crippen LogP contribution in [-0.4, -0.2) is 26.3 Å². The quantitative estimate of drug-likeness (QED) is 0.0547. The van der Waals surface area contributed by atoms with Crippen LogP contribution in [0.1, 0.15) is 114 Å². The minimum absolute atomic E-state index is 0.306. The second kappa shape index (κ2) is 24.1. The Morgan fingerprint density at radius 3 is 1.25 bits per heavy atom. The van der Waals surface area contributed by atoms with E-state index in [9.17, 15) is 4.79 Å². The van der Waals surface area contributed by atoms with E-state index < -0.39 is 5.97 Å². The van der Waals surface area contributed by atoms with Crippen LogP contribution in [0.2, 0.25) is 0 Å². The zero-order valence-electron chi connectivity index (χ0n) is 37.2. The SMILES string of the molecule is COC(=O)c1ccc(OCc2ccc(-c3ccc(OCC[C@H](C)CCCC(C)C)cc3)cc2)c(OCc2ccc(-c3ccc(OCC[C@H](C)CCCC(C)C)cc3)cc2)c1. The van der Waals surface area contributed by atoms with Crippen molar-refractivity contribution in [3.05, 3.63) is 132 Å². The number of carbonyl (C=O) groups excluding carboxylic acids is 1. The third kappa shape index (κ3) is 15.4. The average Bonchev–Trinajstić information content (AvgIpc) is 3.25. The molecule has 5 rings (SSSR count). The summed E-state index contributed by atoms with van der Waals surface area (Å²) in [5.74, 6) is 5.29. The van der Waals surface area contributed by atoms with Crippen molar-refractivity contribution in [2.24, 2.45) is 23.7 Å². The Morgan fingerprint density at radius 1 is 0.450 bits per heavy atom. The Labute approximate surface area is 360 Å². The molecule has 0 aliphatic heterocycles. The molecule has 0 spiro atoms. The van der Waals surface area contributed by atoms with E-state index in [4.69, 9.17) is 23.7 Å². The molecule has 0 heterocycles. The van der Waals surface area contributed by atoms with Gasteiger partial charge in [0.1, 0.15) is 24.7 Å². The van der Waals surface area contributed by atoms with Crippen LogP contribution in [-0.2, 0) is 18.0 Å². The van der Waals surface area contributed by atoms with Gasteiger partial charge in [0.15, 0.2) is 11.5 Å². The molecule has 0 N–H and O–H groups in total. The van der Waals surface area contributed by atoms with Crippen molar-refractivity contribution in [3.63, 3.8) is 0 Å². The molecule has 0 unspecified atom stereocenters. The number of carbonyl (C=O) groups is 1. The molecule has 0 bridgehead atoms. The van der Waals surface area contributed by atoms with Gasteiger partial charge in [-0.15, -0.1) is 0 Å². The maximum absolute atomic E-state index is 12.4. The highest BCUT2D eigenvalue weighted by Crippen LogP contribution is 2.32. The number of esters is 1. The van der Waals surface area contributed by atoms with E-state index in [1.54, 1.807) is 18.2 Å². The van der Waals surface area contributed by atoms with Crippen LogP contribution < -0.4 is 18.9 Å². The molecule has 0 radical (unpaired) electrons. The van der Waals surface area contributed by atoms with Gasteiger partial charge in [0.2, 0.25) is 0 Å². The van der Waals surface area contributed by atoms with Gasteiger partial charge in [-0.3, -0.25) is 0 Å². The van der Waals surface area contributed by atoms with Gasteiger partial charge in [-0.2, -0.15) is 0 Å². The van der Waals surface area contributed by atoms with Crippen molar-refractivity contribution in [1.82, 2.24) is 0 Å². The fourth-order valence-corrected chi connectivity index (χ4v) is 7.17. The number of benzene rings is 5. The summed E-state index contributed by atoms with van der Waals surface area (Å²) >= 11 is 0. The lowest BCUT2D eigenvalue weighted by molar-refractivity contribution is 0.0600. The van der Waals surface area contributed by atoms with Gasteiger partial charge in [0, 0.05) is 0 Å². The molecule has 0 fully saturated rings. The summed E-state index contributed by atoms with van der Waals surface area (Å²) in [4.78, 5) is 12.4. The molecule has 320 valence electrons. The molecule has 6 heteroatoms. The lowest BCUT2D eigenvalue weighted by atomic mass is 9.98. The fourth-order valence-electron chi connectivity index (χ4n) is 7.17. The molecule has 5 aromatic rings. The highest BCUT2D eigenvalue weighted by atomic mass is 16.5. The average molecular weight is 813 g/mol. The lowest BCUT2D eigenvalue weighted by Gasteiger charge is -2.15. The summed E-state index contributed by atoms with van der Waals surface area (Å²) in [6.45, 7) is 15.9. The molecule has 60 heavy (non-hydrogen) atoms. The molecule has 0 aliphatic carbocycles. The van der Waals surface area contributed by atoms with Crippen molar-refractivity contribution in [3.8, 4) is 45.3 Å². The zero-order valence-corrected chi connectivity index (χ0v) is 37.2. The predicted molar refractivity (Wildman–Crippen MR) is 246 cm³/mol. The number of hydrogen-bond acceptors (Lipinski definition) is 6. The van der Waals surface area contributed by atoms with Gasteiger partial charge in [-0.1, -0.05) is 153 Å². The third-order valence-electron chi connectivity index (χ3n) is 11.2. The molecule has 0 saturated heterocycles. The van der Waals surface area contributed by atoms with Gasteiger partial charge < -0.3 is 23.7 Å². The maximum Gasteiger partial charge on any atom is 0.337 e. The van der Waals surface area contributed by atoms with Crippen molar-refractivity contribution in [1.29, 1.82) is 0 Å². The van der Waals surface area contributed by atoms with Crippen LogP contribution >= 0.6 is 0 Å². The van der Waals surface area contributed by atoms with Gasteiger partial charge in [0.05, 0.1) is 25.9 Å². The van der Waals surface area contributed by atoms with E-state index in [-0.39, 0.29) is 0 Å². The van der Waals surface area contributed by atoms with E-state index in [1.807, 2.05) is 12.1 Å².